The molecule has 1 aliphatic rings. The molecule has 16 heavy (non-hydrogen) atoms. The Morgan fingerprint density at radius 2 is 2.31 bits per heavy atom. The summed E-state index contributed by atoms with van der Waals surface area (Å²) in [5.74, 6) is 0. The van der Waals surface area contributed by atoms with Crippen LogP contribution in [0, 0.1) is 0 Å². The summed E-state index contributed by atoms with van der Waals surface area (Å²) in [5, 5.41) is 8.65. The lowest BCUT2D eigenvalue weighted by molar-refractivity contribution is 0.190. The van der Waals surface area contributed by atoms with E-state index >= 15 is 0 Å². The second kappa shape index (κ2) is 4.76. The van der Waals surface area contributed by atoms with Gasteiger partial charge in [-0.25, -0.2) is 4.98 Å². The first-order valence-electron chi connectivity index (χ1n) is 5.53. The quantitative estimate of drug-likeness (QED) is 0.808. The van der Waals surface area contributed by atoms with Crippen molar-refractivity contribution in [3.63, 3.8) is 0 Å². The predicted octanol–water partition coefficient (Wildman–Crippen LogP) is 0.572. The van der Waals surface area contributed by atoms with Gasteiger partial charge in [-0.1, -0.05) is 0 Å². The topological polar surface area (TPSA) is 58.5 Å². The average Bonchev–Trinajstić information content (AvgIpc) is 2.69. The summed E-state index contributed by atoms with van der Waals surface area (Å²) in [6, 6.07) is 0.870. The predicted molar refractivity (Wildman–Crippen MR) is 59.0 cm³/mol. The van der Waals surface area contributed by atoms with Gasteiger partial charge in [0.2, 0.25) is 0 Å². The van der Waals surface area contributed by atoms with E-state index in [-0.39, 0.29) is 13.2 Å². The monoisotopic (exact) mass is 223 g/mol. The first kappa shape index (κ1) is 11.3. The van der Waals surface area contributed by atoms with Crippen LogP contribution < -0.4 is 4.74 Å². The lowest BCUT2D eigenvalue weighted by atomic mass is 10.3. The van der Waals surface area contributed by atoms with Crippen molar-refractivity contribution in [1.29, 1.82) is 0 Å². The van der Waals surface area contributed by atoms with Crippen molar-refractivity contribution < 1.29 is 9.84 Å². The molecule has 0 aromatic carbocycles. The van der Waals surface area contributed by atoms with Crippen molar-refractivity contribution in [3.05, 3.63) is 17.5 Å². The highest BCUT2D eigenvalue weighted by molar-refractivity contribution is 5.23. The summed E-state index contributed by atoms with van der Waals surface area (Å²) in [7, 11) is 0. The molecule has 0 spiro atoms. The summed E-state index contributed by atoms with van der Waals surface area (Å²) >= 11 is 0. The first-order valence-corrected chi connectivity index (χ1v) is 5.53. The average molecular weight is 223 g/mol. The highest BCUT2D eigenvalue weighted by Crippen LogP contribution is 2.23. The molecule has 0 saturated heterocycles. The van der Waals surface area contributed by atoms with E-state index in [1.165, 1.54) is 5.56 Å². The van der Waals surface area contributed by atoms with Crippen molar-refractivity contribution in [2.45, 2.75) is 33.0 Å². The van der Waals surface area contributed by atoms with Gasteiger partial charge in [-0.05, 0) is 13.8 Å². The van der Waals surface area contributed by atoms with Gasteiger partial charge in [-0.2, -0.15) is 4.98 Å². The number of ether oxygens (including phenoxy) is 1. The third-order valence-electron chi connectivity index (χ3n) is 2.71. The largest absolute Gasteiger partial charge is 0.461 e. The van der Waals surface area contributed by atoms with Gasteiger partial charge in [0.25, 0.3) is 0 Å². The fraction of sp³-hybridized carbons (Fsp3) is 0.636. The van der Waals surface area contributed by atoms with E-state index in [0.29, 0.717) is 12.1 Å². The highest BCUT2D eigenvalue weighted by Gasteiger charge is 2.23. The van der Waals surface area contributed by atoms with Gasteiger partial charge in [0.1, 0.15) is 6.61 Å². The Labute approximate surface area is 95.1 Å². The van der Waals surface area contributed by atoms with Crippen LogP contribution in [0.15, 0.2) is 6.20 Å². The molecule has 1 aliphatic heterocycles. The summed E-state index contributed by atoms with van der Waals surface area (Å²) in [5.41, 5.74) is 2.21. The number of hydrogen-bond acceptors (Lipinski definition) is 5. The SMILES string of the molecule is CC(C)N1Cc2cnc(OCCO)nc2C1. The number of nitrogens with zero attached hydrogens (tertiary/aromatic N) is 3. The maximum atomic E-state index is 8.65. The zero-order valence-electron chi connectivity index (χ0n) is 9.68. The molecular formula is C11H17N3O2. The molecule has 1 aromatic rings. The van der Waals surface area contributed by atoms with Crippen molar-refractivity contribution >= 4 is 0 Å². The van der Waals surface area contributed by atoms with Crippen LogP contribution in [0.5, 0.6) is 6.01 Å². The zero-order chi connectivity index (χ0) is 11.5. The minimum Gasteiger partial charge on any atom is -0.461 e. The van der Waals surface area contributed by atoms with Crippen molar-refractivity contribution in [2.75, 3.05) is 13.2 Å². The summed E-state index contributed by atoms with van der Waals surface area (Å²) in [6.07, 6.45) is 1.82. The van der Waals surface area contributed by atoms with E-state index in [0.717, 1.165) is 18.8 Å². The first-order chi connectivity index (χ1) is 7.70. The Bertz CT molecular complexity index is 368. The molecule has 88 valence electrons. The van der Waals surface area contributed by atoms with Gasteiger partial charge in [-0.15, -0.1) is 0 Å². The summed E-state index contributed by atoms with van der Waals surface area (Å²) < 4.78 is 5.19. The maximum absolute atomic E-state index is 8.65. The van der Waals surface area contributed by atoms with E-state index in [4.69, 9.17) is 9.84 Å². The van der Waals surface area contributed by atoms with Gasteiger partial charge in [-0.3, -0.25) is 4.90 Å². The van der Waals surface area contributed by atoms with Gasteiger partial charge in [0, 0.05) is 30.9 Å². The smallest absolute Gasteiger partial charge is 0.316 e. The summed E-state index contributed by atoms with van der Waals surface area (Å²) in [6.45, 7) is 6.33. The van der Waals surface area contributed by atoms with Crippen LogP contribution in [0.1, 0.15) is 25.1 Å². The second-order valence-corrected chi connectivity index (χ2v) is 4.20. The Kier molecular flexibility index (Phi) is 3.36. The number of hydrogen-bond donors (Lipinski definition) is 1. The third kappa shape index (κ3) is 2.31. The molecule has 2 rings (SSSR count). The Hall–Kier alpha value is -1.20. The lowest BCUT2D eigenvalue weighted by Gasteiger charge is -2.18. The molecule has 0 aliphatic carbocycles. The van der Waals surface area contributed by atoms with Gasteiger partial charge in [0.05, 0.1) is 12.3 Å². The maximum Gasteiger partial charge on any atom is 0.316 e. The number of aliphatic hydroxyl groups is 1. The van der Waals surface area contributed by atoms with Crippen LogP contribution in [0.2, 0.25) is 0 Å². The minimum atomic E-state index is -0.0153. The third-order valence-corrected chi connectivity index (χ3v) is 2.71. The zero-order valence-corrected chi connectivity index (χ0v) is 9.68. The van der Waals surface area contributed by atoms with E-state index in [1.807, 2.05) is 6.20 Å². The van der Waals surface area contributed by atoms with Gasteiger partial charge >= 0.3 is 6.01 Å². The van der Waals surface area contributed by atoms with E-state index < -0.39 is 0 Å². The van der Waals surface area contributed by atoms with Gasteiger partial charge < -0.3 is 9.84 Å². The molecule has 0 saturated carbocycles. The van der Waals surface area contributed by atoms with Gasteiger partial charge in [0.15, 0.2) is 0 Å². The molecule has 0 amide bonds. The molecule has 1 N–H and O–H groups in total. The highest BCUT2D eigenvalue weighted by atomic mass is 16.5. The molecule has 5 heteroatoms. The summed E-state index contributed by atoms with van der Waals surface area (Å²) in [4.78, 5) is 10.8. The Morgan fingerprint density at radius 3 is 3.00 bits per heavy atom. The van der Waals surface area contributed by atoms with Crippen LogP contribution >= 0.6 is 0 Å². The number of fused-ring (bicyclic) bond motifs is 1. The molecule has 0 atom stereocenters. The molecule has 0 fully saturated rings. The van der Waals surface area contributed by atoms with Crippen LogP contribution in [0.3, 0.4) is 0 Å². The second-order valence-electron chi connectivity index (χ2n) is 4.20. The fourth-order valence-corrected chi connectivity index (χ4v) is 1.73. The van der Waals surface area contributed by atoms with E-state index in [1.54, 1.807) is 0 Å². The molecule has 1 aromatic heterocycles. The van der Waals surface area contributed by atoms with Crippen LogP contribution in [-0.2, 0) is 13.1 Å². The molecule has 2 heterocycles. The van der Waals surface area contributed by atoms with Crippen molar-refractivity contribution in [3.8, 4) is 6.01 Å². The normalized spacial score (nSPS) is 15.5. The lowest BCUT2D eigenvalue weighted by Crippen LogP contribution is -2.24. The number of aromatic nitrogens is 2. The Balaban J connectivity index is 2.08. The van der Waals surface area contributed by atoms with Crippen LogP contribution in [0.25, 0.3) is 0 Å². The number of rotatable bonds is 4. The number of aliphatic hydroxyl groups excluding tert-OH is 1. The van der Waals surface area contributed by atoms with Crippen LogP contribution in [-0.4, -0.2) is 39.2 Å². The molecule has 5 nitrogen and oxygen atoms in total. The van der Waals surface area contributed by atoms with Crippen molar-refractivity contribution in [2.24, 2.45) is 0 Å². The van der Waals surface area contributed by atoms with Crippen LogP contribution in [0.4, 0.5) is 0 Å². The van der Waals surface area contributed by atoms with E-state index in [9.17, 15) is 0 Å². The fourth-order valence-electron chi connectivity index (χ4n) is 1.73. The van der Waals surface area contributed by atoms with Crippen molar-refractivity contribution in [1.82, 2.24) is 14.9 Å². The minimum absolute atomic E-state index is 0.0153. The molecule has 0 radical (unpaired) electrons. The standard InChI is InChI=1S/C11H17N3O2/c1-8(2)14-6-9-5-12-11(16-4-3-15)13-10(9)7-14/h5,8,15H,3-4,6-7H2,1-2H3. The molecule has 0 unspecified atom stereocenters. The molecule has 0 bridgehead atoms. The molecular weight excluding hydrogens is 206 g/mol. The Morgan fingerprint density at radius 1 is 1.50 bits per heavy atom. The van der Waals surface area contributed by atoms with E-state index in [2.05, 4.69) is 28.7 Å².